The third-order valence-corrected chi connectivity index (χ3v) is 5.90. The number of sulfonamides is 1. The minimum absolute atomic E-state index is 0.0104. The largest absolute Gasteiger partial charge is 0.459 e. The van der Waals surface area contributed by atoms with Gasteiger partial charge in [0.25, 0.3) is 10.0 Å². The van der Waals surface area contributed by atoms with E-state index in [9.17, 15) is 17.6 Å². The van der Waals surface area contributed by atoms with Crippen LogP contribution >= 0.6 is 0 Å². The third-order valence-electron chi connectivity index (χ3n) is 4.50. The van der Waals surface area contributed by atoms with E-state index in [0.717, 1.165) is 18.0 Å². The van der Waals surface area contributed by atoms with Crippen molar-refractivity contribution in [3.05, 3.63) is 54.1 Å². The molecule has 3 aromatic rings. The van der Waals surface area contributed by atoms with Gasteiger partial charge in [0.05, 0.1) is 21.6 Å². The molecule has 0 unspecified atom stereocenters. The number of aromatic nitrogens is 2. The van der Waals surface area contributed by atoms with Gasteiger partial charge in [-0.2, -0.15) is 0 Å². The molecular weight excluding hydrogens is 433 g/mol. The molecule has 1 aromatic heterocycles. The van der Waals surface area contributed by atoms with Gasteiger partial charge in [0, 0.05) is 6.42 Å². The van der Waals surface area contributed by atoms with Crippen molar-refractivity contribution in [2.45, 2.75) is 58.1 Å². The lowest BCUT2D eigenvalue weighted by atomic mass is 10.1. The fourth-order valence-corrected chi connectivity index (χ4v) is 4.32. The predicted molar refractivity (Wildman–Crippen MR) is 121 cm³/mol. The second-order valence-electron chi connectivity index (χ2n) is 9.06. The summed E-state index contributed by atoms with van der Waals surface area (Å²) in [6, 6.07) is 9.53. The van der Waals surface area contributed by atoms with Crippen molar-refractivity contribution in [2.24, 2.45) is 5.92 Å². The average Bonchev–Trinajstić information content (AvgIpc) is 2.95. The Morgan fingerprint density at radius 1 is 1.16 bits per heavy atom. The summed E-state index contributed by atoms with van der Waals surface area (Å²) in [6.07, 6.45) is 0.647. The zero-order chi connectivity index (χ0) is 23.7. The first-order valence-corrected chi connectivity index (χ1v) is 11.8. The van der Waals surface area contributed by atoms with Crippen molar-refractivity contribution < 1.29 is 22.3 Å². The van der Waals surface area contributed by atoms with Crippen LogP contribution in [0, 0.1) is 11.7 Å². The topological polar surface area (TPSA) is 90.3 Å². The molecule has 1 heterocycles. The van der Waals surface area contributed by atoms with Gasteiger partial charge in [-0.25, -0.2) is 17.8 Å². The second-order valence-corrected chi connectivity index (χ2v) is 10.7. The summed E-state index contributed by atoms with van der Waals surface area (Å²) in [5, 5.41) is 0. The van der Waals surface area contributed by atoms with Crippen molar-refractivity contribution in [1.29, 1.82) is 0 Å². The first-order chi connectivity index (χ1) is 14.8. The Bertz CT molecular complexity index is 1230. The molecule has 1 N–H and O–H groups in total. The van der Waals surface area contributed by atoms with Crippen molar-refractivity contribution in [3.8, 4) is 0 Å². The summed E-state index contributed by atoms with van der Waals surface area (Å²) in [7, 11) is -3.89. The average molecular weight is 462 g/mol. The molecule has 172 valence electrons. The summed E-state index contributed by atoms with van der Waals surface area (Å²) >= 11 is 0. The molecule has 32 heavy (non-hydrogen) atoms. The molecule has 0 saturated heterocycles. The van der Waals surface area contributed by atoms with Crippen LogP contribution in [-0.4, -0.2) is 29.5 Å². The van der Waals surface area contributed by atoms with Gasteiger partial charge in [-0.1, -0.05) is 13.8 Å². The zero-order valence-corrected chi connectivity index (χ0v) is 19.7. The van der Waals surface area contributed by atoms with Crippen LogP contribution < -0.4 is 4.72 Å². The number of rotatable bonds is 7. The number of nitrogens with zero attached hydrogens (tertiary/aromatic N) is 2. The van der Waals surface area contributed by atoms with Gasteiger partial charge >= 0.3 is 5.97 Å². The number of carbonyl (C=O) groups is 1. The van der Waals surface area contributed by atoms with E-state index in [-0.39, 0.29) is 17.4 Å². The molecule has 3 rings (SSSR count). The summed E-state index contributed by atoms with van der Waals surface area (Å²) in [4.78, 5) is 17.1. The number of benzene rings is 2. The molecule has 0 spiro atoms. The quantitative estimate of drug-likeness (QED) is 0.523. The Labute approximate surface area is 187 Å². The van der Waals surface area contributed by atoms with Gasteiger partial charge in [0.15, 0.2) is 0 Å². The first-order valence-electron chi connectivity index (χ1n) is 10.3. The maximum atomic E-state index is 13.1. The summed E-state index contributed by atoms with van der Waals surface area (Å²) in [6.45, 7) is 9.55. The Kier molecular flexibility index (Phi) is 6.59. The van der Waals surface area contributed by atoms with E-state index in [0.29, 0.717) is 29.1 Å². The van der Waals surface area contributed by atoms with E-state index in [2.05, 4.69) is 23.6 Å². The van der Waals surface area contributed by atoms with E-state index >= 15 is 0 Å². The molecule has 7 nitrogen and oxygen atoms in total. The number of hydrogen-bond donors (Lipinski definition) is 1. The Morgan fingerprint density at radius 3 is 2.41 bits per heavy atom. The monoisotopic (exact) mass is 461 g/mol. The number of esters is 1. The fraction of sp³-hybridized carbons (Fsp3) is 0.391. The number of anilines is 1. The number of carbonyl (C=O) groups excluding carboxylic acids is 1. The van der Waals surface area contributed by atoms with E-state index in [4.69, 9.17) is 4.74 Å². The third kappa shape index (κ3) is 5.85. The molecule has 0 aliphatic rings. The van der Waals surface area contributed by atoms with Crippen LogP contribution in [0.3, 0.4) is 0 Å². The second kappa shape index (κ2) is 8.90. The standard InChI is InChI=1S/C23H28FN3O4S/c1-15(2)12-21-25-19-13-17(26-32(29,30)18-9-6-16(24)7-10-18)8-11-20(19)27(21)14-22(28)31-23(3,4)5/h6-11,13,15,26H,12,14H2,1-5H3. The van der Waals surface area contributed by atoms with Crippen LogP contribution in [0.4, 0.5) is 10.1 Å². The van der Waals surface area contributed by atoms with E-state index in [1.54, 1.807) is 18.2 Å². The molecule has 0 radical (unpaired) electrons. The molecule has 9 heteroatoms. The SMILES string of the molecule is CC(C)Cc1nc2cc(NS(=O)(=O)c3ccc(F)cc3)ccc2n1CC(=O)OC(C)(C)C. The molecule has 0 aliphatic heterocycles. The van der Waals surface area contributed by atoms with Crippen LogP contribution in [0.1, 0.15) is 40.4 Å². The number of ether oxygens (including phenoxy) is 1. The lowest BCUT2D eigenvalue weighted by Gasteiger charge is -2.20. The van der Waals surface area contributed by atoms with Crippen LogP contribution in [0.15, 0.2) is 47.4 Å². The van der Waals surface area contributed by atoms with E-state index in [1.165, 1.54) is 12.1 Å². The number of nitrogens with one attached hydrogen (secondary N) is 1. The van der Waals surface area contributed by atoms with Gasteiger partial charge in [-0.3, -0.25) is 9.52 Å². The zero-order valence-electron chi connectivity index (χ0n) is 18.8. The van der Waals surface area contributed by atoms with Gasteiger partial charge in [0.1, 0.15) is 23.8 Å². The lowest BCUT2D eigenvalue weighted by Crippen LogP contribution is -2.27. The van der Waals surface area contributed by atoms with E-state index < -0.39 is 21.4 Å². The molecule has 0 amide bonds. The summed E-state index contributed by atoms with van der Waals surface area (Å²) in [5.74, 6) is 0.140. The number of fused-ring (bicyclic) bond motifs is 1. The van der Waals surface area contributed by atoms with Crippen molar-refractivity contribution in [3.63, 3.8) is 0 Å². The maximum absolute atomic E-state index is 13.1. The number of imidazole rings is 1. The van der Waals surface area contributed by atoms with Crippen molar-refractivity contribution >= 4 is 32.7 Å². The Morgan fingerprint density at radius 2 is 1.81 bits per heavy atom. The van der Waals surface area contributed by atoms with Crippen LogP contribution in [0.5, 0.6) is 0 Å². The van der Waals surface area contributed by atoms with Crippen LogP contribution in [0.2, 0.25) is 0 Å². The highest BCUT2D eigenvalue weighted by Crippen LogP contribution is 2.25. The number of hydrogen-bond acceptors (Lipinski definition) is 5. The van der Waals surface area contributed by atoms with Gasteiger partial charge in [-0.05, 0) is 69.2 Å². The normalized spacial score (nSPS) is 12.3. The maximum Gasteiger partial charge on any atom is 0.326 e. The van der Waals surface area contributed by atoms with Crippen molar-refractivity contribution in [2.75, 3.05) is 4.72 Å². The number of halogens is 1. The van der Waals surface area contributed by atoms with Crippen LogP contribution in [-0.2, 0) is 32.5 Å². The van der Waals surface area contributed by atoms with Crippen LogP contribution in [0.25, 0.3) is 11.0 Å². The molecule has 2 aromatic carbocycles. The summed E-state index contributed by atoms with van der Waals surface area (Å²) < 4.78 is 48.1. The van der Waals surface area contributed by atoms with Gasteiger partial charge < -0.3 is 9.30 Å². The Hall–Kier alpha value is -2.94. The molecule has 0 aliphatic carbocycles. The van der Waals surface area contributed by atoms with Gasteiger partial charge in [0.2, 0.25) is 0 Å². The first kappa shape index (κ1) is 23.7. The minimum Gasteiger partial charge on any atom is -0.459 e. The Balaban J connectivity index is 1.94. The lowest BCUT2D eigenvalue weighted by molar-refractivity contribution is -0.155. The van der Waals surface area contributed by atoms with Crippen molar-refractivity contribution in [1.82, 2.24) is 9.55 Å². The molecule has 0 bridgehead atoms. The minimum atomic E-state index is -3.89. The fourth-order valence-electron chi connectivity index (χ4n) is 3.27. The molecule has 0 saturated carbocycles. The molecular formula is C23H28FN3O4S. The molecule has 0 fully saturated rings. The smallest absolute Gasteiger partial charge is 0.326 e. The highest BCUT2D eigenvalue weighted by Gasteiger charge is 2.21. The van der Waals surface area contributed by atoms with Gasteiger partial charge in [-0.15, -0.1) is 0 Å². The van der Waals surface area contributed by atoms with E-state index in [1.807, 2.05) is 25.3 Å². The predicted octanol–water partition coefficient (Wildman–Crippen LogP) is 4.52. The summed E-state index contributed by atoms with van der Waals surface area (Å²) in [5.41, 5.74) is 0.983. The highest BCUT2D eigenvalue weighted by molar-refractivity contribution is 7.92. The molecule has 0 atom stereocenters. The highest BCUT2D eigenvalue weighted by atomic mass is 32.2.